The van der Waals surface area contributed by atoms with Gasteiger partial charge in [0.1, 0.15) is 0 Å². The molecule has 0 fully saturated rings. The number of pyridine rings is 1. The molecule has 2 aromatic carbocycles. The summed E-state index contributed by atoms with van der Waals surface area (Å²) in [5.41, 5.74) is 4.90. The SMILES string of the molecule is O=c1[nH]c2ccccc2cc1Cc1ccc(-c2cn[nH]c2)cc1. The van der Waals surface area contributed by atoms with Crippen molar-refractivity contribution in [2.45, 2.75) is 6.42 Å². The largest absolute Gasteiger partial charge is 0.322 e. The average molecular weight is 301 g/mol. The van der Waals surface area contributed by atoms with Crippen LogP contribution in [0.3, 0.4) is 0 Å². The van der Waals surface area contributed by atoms with E-state index in [-0.39, 0.29) is 5.56 Å². The molecule has 0 amide bonds. The minimum atomic E-state index is -0.0254. The highest BCUT2D eigenvalue weighted by Gasteiger charge is 2.05. The van der Waals surface area contributed by atoms with E-state index in [9.17, 15) is 4.79 Å². The van der Waals surface area contributed by atoms with Crippen molar-refractivity contribution in [2.24, 2.45) is 0 Å². The van der Waals surface area contributed by atoms with E-state index in [1.54, 1.807) is 6.20 Å². The van der Waals surface area contributed by atoms with Gasteiger partial charge in [0, 0.05) is 29.3 Å². The van der Waals surface area contributed by atoms with Crippen LogP contribution in [0.5, 0.6) is 0 Å². The van der Waals surface area contributed by atoms with Crippen molar-refractivity contribution in [3.8, 4) is 11.1 Å². The summed E-state index contributed by atoms with van der Waals surface area (Å²) in [7, 11) is 0. The van der Waals surface area contributed by atoms with Crippen LogP contribution < -0.4 is 5.56 Å². The molecule has 0 unspecified atom stereocenters. The van der Waals surface area contributed by atoms with Crippen LogP contribution in [-0.4, -0.2) is 15.2 Å². The van der Waals surface area contributed by atoms with Crippen LogP contribution >= 0.6 is 0 Å². The van der Waals surface area contributed by atoms with E-state index in [4.69, 9.17) is 0 Å². The number of hydrogen-bond acceptors (Lipinski definition) is 2. The quantitative estimate of drug-likeness (QED) is 0.608. The first-order valence-electron chi connectivity index (χ1n) is 7.49. The molecule has 0 spiro atoms. The summed E-state index contributed by atoms with van der Waals surface area (Å²) in [4.78, 5) is 15.2. The molecule has 0 saturated carbocycles. The van der Waals surface area contributed by atoms with Crippen LogP contribution in [0.4, 0.5) is 0 Å². The van der Waals surface area contributed by atoms with Crippen LogP contribution in [-0.2, 0) is 6.42 Å². The van der Waals surface area contributed by atoms with Crippen LogP contribution in [0, 0.1) is 0 Å². The van der Waals surface area contributed by atoms with Crippen LogP contribution in [0.15, 0.2) is 71.8 Å². The van der Waals surface area contributed by atoms with Crippen LogP contribution in [0.2, 0.25) is 0 Å². The highest BCUT2D eigenvalue weighted by Crippen LogP contribution is 2.19. The van der Waals surface area contributed by atoms with Gasteiger partial charge >= 0.3 is 0 Å². The molecule has 4 nitrogen and oxygen atoms in total. The maximum absolute atomic E-state index is 12.2. The summed E-state index contributed by atoms with van der Waals surface area (Å²) < 4.78 is 0. The molecule has 112 valence electrons. The molecule has 4 heteroatoms. The molecule has 0 aliphatic rings. The minimum absolute atomic E-state index is 0.0254. The van der Waals surface area contributed by atoms with Crippen LogP contribution in [0.25, 0.3) is 22.0 Å². The third kappa shape index (κ3) is 2.66. The molecule has 0 saturated heterocycles. The molecule has 0 atom stereocenters. The number of para-hydroxylation sites is 1. The second kappa shape index (κ2) is 5.57. The third-order valence-electron chi connectivity index (χ3n) is 4.01. The Morgan fingerprint density at radius 1 is 0.957 bits per heavy atom. The van der Waals surface area contributed by atoms with Gasteiger partial charge in [-0.1, -0.05) is 42.5 Å². The summed E-state index contributed by atoms with van der Waals surface area (Å²) in [6.07, 6.45) is 4.28. The standard InChI is InChI=1S/C19H15N3O/c23-19-16(10-15-3-1-2-4-18(15)22-19)9-13-5-7-14(8-6-13)17-11-20-21-12-17/h1-8,10-12H,9H2,(H,20,21)(H,22,23). The first-order chi connectivity index (χ1) is 11.3. The van der Waals surface area contributed by atoms with Crippen molar-refractivity contribution in [2.75, 3.05) is 0 Å². The Labute approximate surface area is 132 Å². The lowest BCUT2D eigenvalue weighted by atomic mass is 10.0. The minimum Gasteiger partial charge on any atom is -0.322 e. The van der Waals surface area contributed by atoms with E-state index in [1.165, 1.54) is 0 Å². The number of hydrogen-bond donors (Lipinski definition) is 2. The van der Waals surface area contributed by atoms with Gasteiger partial charge in [0.15, 0.2) is 0 Å². The first kappa shape index (κ1) is 13.5. The lowest BCUT2D eigenvalue weighted by Gasteiger charge is -2.05. The average Bonchev–Trinajstić information content (AvgIpc) is 3.11. The van der Waals surface area contributed by atoms with Gasteiger partial charge in [0.25, 0.3) is 5.56 Å². The van der Waals surface area contributed by atoms with E-state index in [2.05, 4.69) is 39.4 Å². The molecule has 4 rings (SSSR count). The Bertz CT molecular complexity index is 999. The van der Waals surface area contributed by atoms with Gasteiger partial charge in [0.2, 0.25) is 0 Å². The number of fused-ring (bicyclic) bond motifs is 1. The first-order valence-corrected chi connectivity index (χ1v) is 7.49. The maximum atomic E-state index is 12.2. The van der Waals surface area contributed by atoms with Crippen molar-refractivity contribution < 1.29 is 0 Å². The van der Waals surface area contributed by atoms with Crippen molar-refractivity contribution in [3.05, 3.63) is 88.5 Å². The van der Waals surface area contributed by atoms with Gasteiger partial charge in [-0.25, -0.2) is 0 Å². The van der Waals surface area contributed by atoms with Crippen molar-refractivity contribution in [1.29, 1.82) is 0 Å². The summed E-state index contributed by atoms with van der Waals surface area (Å²) in [6.45, 7) is 0. The van der Waals surface area contributed by atoms with E-state index in [0.717, 1.165) is 33.2 Å². The monoisotopic (exact) mass is 301 g/mol. The number of aromatic amines is 2. The van der Waals surface area contributed by atoms with Crippen molar-refractivity contribution in [3.63, 3.8) is 0 Å². The molecular weight excluding hydrogens is 286 g/mol. The smallest absolute Gasteiger partial charge is 0.251 e. The zero-order valence-electron chi connectivity index (χ0n) is 12.4. The summed E-state index contributed by atoms with van der Waals surface area (Å²) in [5, 5.41) is 7.82. The number of H-pyrrole nitrogens is 2. The number of benzene rings is 2. The Hall–Kier alpha value is -3.14. The fraction of sp³-hybridized carbons (Fsp3) is 0.0526. The van der Waals surface area contributed by atoms with Gasteiger partial charge in [-0.15, -0.1) is 0 Å². The molecule has 0 aliphatic heterocycles. The molecule has 23 heavy (non-hydrogen) atoms. The lowest BCUT2D eigenvalue weighted by molar-refractivity contribution is 1.09. The molecule has 2 heterocycles. The number of nitrogens with one attached hydrogen (secondary N) is 2. The second-order valence-electron chi connectivity index (χ2n) is 5.57. The topological polar surface area (TPSA) is 61.5 Å². The predicted molar refractivity (Wildman–Crippen MR) is 91.4 cm³/mol. The van der Waals surface area contributed by atoms with Gasteiger partial charge in [-0.05, 0) is 28.6 Å². The van der Waals surface area contributed by atoms with Gasteiger partial charge in [-0.3, -0.25) is 9.89 Å². The number of rotatable bonds is 3. The Kier molecular flexibility index (Phi) is 3.27. The Morgan fingerprint density at radius 3 is 2.57 bits per heavy atom. The van der Waals surface area contributed by atoms with E-state index in [1.807, 2.05) is 36.5 Å². The number of nitrogens with zero attached hydrogens (tertiary/aromatic N) is 1. The van der Waals surface area contributed by atoms with E-state index < -0.39 is 0 Å². The van der Waals surface area contributed by atoms with Crippen molar-refractivity contribution >= 4 is 10.9 Å². The molecule has 2 N–H and O–H groups in total. The molecule has 2 aromatic heterocycles. The zero-order valence-corrected chi connectivity index (χ0v) is 12.4. The Balaban J connectivity index is 1.65. The highest BCUT2D eigenvalue weighted by molar-refractivity contribution is 5.78. The van der Waals surface area contributed by atoms with Crippen molar-refractivity contribution in [1.82, 2.24) is 15.2 Å². The summed E-state index contributed by atoms with van der Waals surface area (Å²) in [6, 6.07) is 18.0. The van der Waals surface area contributed by atoms with E-state index in [0.29, 0.717) is 6.42 Å². The maximum Gasteiger partial charge on any atom is 0.251 e. The summed E-state index contributed by atoms with van der Waals surface area (Å²) in [5.74, 6) is 0. The molecule has 0 bridgehead atoms. The molecule has 0 aliphatic carbocycles. The third-order valence-corrected chi connectivity index (χ3v) is 4.01. The van der Waals surface area contributed by atoms with Gasteiger partial charge < -0.3 is 4.98 Å². The van der Waals surface area contributed by atoms with E-state index >= 15 is 0 Å². The second-order valence-corrected chi connectivity index (χ2v) is 5.57. The fourth-order valence-corrected chi connectivity index (χ4v) is 2.77. The predicted octanol–water partition coefficient (Wildman–Crippen LogP) is 3.51. The number of aromatic nitrogens is 3. The fourth-order valence-electron chi connectivity index (χ4n) is 2.77. The lowest BCUT2D eigenvalue weighted by Crippen LogP contribution is -2.12. The molecular formula is C19H15N3O. The molecule has 0 radical (unpaired) electrons. The summed E-state index contributed by atoms with van der Waals surface area (Å²) >= 11 is 0. The van der Waals surface area contributed by atoms with Gasteiger partial charge in [0.05, 0.1) is 6.20 Å². The highest BCUT2D eigenvalue weighted by atomic mass is 16.1. The zero-order chi connectivity index (χ0) is 15.6. The van der Waals surface area contributed by atoms with Crippen LogP contribution in [0.1, 0.15) is 11.1 Å². The molecule has 4 aromatic rings. The Morgan fingerprint density at radius 2 is 1.78 bits per heavy atom. The van der Waals surface area contributed by atoms with Gasteiger partial charge in [-0.2, -0.15) is 5.10 Å². The normalized spacial score (nSPS) is 11.0.